The summed E-state index contributed by atoms with van der Waals surface area (Å²) in [5.74, 6) is 1.10. The third-order valence-electron chi connectivity index (χ3n) is 3.65. The summed E-state index contributed by atoms with van der Waals surface area (Å²) < 4.78 is 13.5. The molecule has 0 saturated heterocycles. The minimum atomic E-state index is -0.284. The maximum Gasteiger partial charge on any atom is 0.191 e. The fourth-order valence-electron chi connectivity index (χ4n) is 2.51. The molecule has 0 aliphatic heterocycles. The molecule has 0 aliphatic rings. The van der Waals surface area contributed by atoms with Gasteiger partial charge in [0, 0.05) is 19.1 Å². The van der Waals surface area contributed by atoms with Crippen LogP contribution in [0.4, 0.5) is 0 Å². The molecule has 0 radical (unpaired) electrons. The molecule has 1 aromatic carbocycles. The Balaban J connectivity index is 2.28. The van der Waals surface area contributed by atoms with Crippen LogP contribution in [0.2, 0.25) is 0 Å². The van der Waals surface area contributed by atoms with E-state index in [1.807, 2.05) is 38.3 Å². The van der Waals surface area contributed by atoms with E-state index in [0.29, 0.717) is 19.8 Å². The van der Waals surface area contributed by atoms with Crippen molar-refractivity contribution in [2.45, 2.75) is 44.7 Å². The van der Waals surface area contributed by atoms with Crippen LogP contribution in [0.1, 0.15) is 38.1 Å². The molecule has 23 heavy (non-hydrogen) atoms. The van der Waals surface area contributed by atoms with Crippen LogP contribution in [0.5, 0.6) is 0 Å². The number of thioether (sulfide) groups is 1. The number of nitrogens with zero attached hydrogens (tertiary/aromatic N) is 3. The summed E-state index contributed by atoms with van der Waals surface area (Å²) >= 11 is 1.59. The van der Waals surface area contributed by atoms with Crippen LogP contribution in [0.3, 0.4) is 0 Å². The Hall–Kier alpha value is -1.37. The minimum absolute atomic E-state index is 0.161. The molecule has 0 N–H and O–H groups in total. The van der Waals surface area contributed by atoms with Gasteiger partial charge in [0.1, 0.15) is 5.82 Å². The van der Waals surface area contributed by atoms with Gasteiger partial charge >= 0.3 is 0 Å². The molecule has 0 amide bonds. The number of benzene rings is 1. The zero-order chi connectivity index (χ0) is 16.7. The highest BCUT2D eigenvalue weighted by molar-refractivity contribution is 7.98. The molecule has 0 spiro atoms. The van der Waals surface area contributed by atoms with Crippen molar-refractivity contribution in [3.8, 4) is 0 Å². The molecular weight excluding hydrogens is 310 g/mol. The van der Waals surface area contributed by atoms with Gasteiger partial charge in [-0.15, -0.1) is 10.2 Å². The molecule has 1 atom stereocenters. The highest BCUT2D eigenvalue weighted by atomic mass is 32.2. The van der Waals surface area contributed by atoms with Crippen LogP contribution >= 0.6 is 11.8 Å². The van der Waals surface area contributed by atoms with E-state index >= 15 is 0 Å². The fraction of sp³-hybridized carbons (Fsp3) is 0.529. The third kappa shape index (κ3) is 4.56. The molecule has 126 valence electrons. The van der Waals surface area contributed by atoms with E-state index < -0.39 is 0 Å². The van der Waals surface area contributed by atoms with Crippen molar-refractivity contribution < 1.29 is 9.47 Å². The number of ether oxygens (including phenoxy) is 2. The lowest BCUT2D eigenvalue weighted by Crippen LogP contribution is -2.25. The first-order valence-electron chi connectivity index (χ1n) is 7.96. The molecule has 0 bridgehead atoms. The first-order valence-corrected chi connectivity index (χ1v) is 9.18. The summed E-state index contributed by atoms with van der Waals surface area (Å²) in [4.78, 5) is 0. The van der Waals surface area contributed by atoms with E-state index in [1.165, 1.54) is 5.56 Å². The van der Waals surface area contributed by atoms with Gasteiger partial charge in [0.15, 0.2) is 11.4 Å². The minimum Gasteiger partial charge on any atom is -0.351 e. The number of aromatic nitrogens is 3. The first-order chi connectivity index (χ1) is 11.2. The Morgan fingerprint density at radius 2 is 1.74 bits per heavy atom. The highest BCUT2D eigenvalue weighted by Crippen LogP contribution is 2.26. The molecule has 0 saturated carbocycles. The quantitative estimate of drug-likeness (QED) is 0.518. The van der Waals surface area contributed by atoms with Crippen molar-refractivity contribution in [2.24, 2.45) is 0 Å². The smallest absolute Gasteiger partial charge is 0.191 e. The molecule has 1 unspecified atom stereocenters. The van der Waals surface area contributed by atoms with Crippen molar-refractivity contribution in [3.05, 3.63) is 41.7 Å². The largest absolute Gasteiger partial charge is 0.351 e. The predicted octanol–water partition coefficient (Wildman–Crippen LogP) is 3.55. The van der Waals surface area contributed by atoms with E-state index in [1.54, 1.807) is 11.8 Å². The van der Waals surface area contributed by atoms with Crippen LogP contribution < -0.4 is 0 Å². The number of hydrogen-bond donors (Lipinski definition) is 0. The van der Waals surface area contributed by atoms with E-state index in [9.17, 15) is 0 Å². The Morgan fingerprint density at radius 1 is 1.09 bits per heavy atom. The Labute approximate surface area is 142 Å². The van der Waals surface area contributed by atoms with Gasteiger partial charge in [0.2, 0.25) is 0 Å². The molecule has 0 fully saturated rings. The van der Waals surface area contributed by atoms with Gasteiger partial charge in [-0.25, -0.2) is 0 Å². The van der Waals surface area contributed by atoms with Crippen LogP contribution in [0.25, 0.3) is 0 Å². The molecule has 1 heterocycles. The van der Waals surface area contributed by atoms with Gasteiger partial charge < -0.3 is 14.0 Å². The molecule has 0 aliphatic carbocycles. The maximum atomic E-state index is 5.69. The molecule has 6 heteroatoms. The molecular formula is C17H25N3O2S. The van der Waals surface area contributed by atoms with Gasteiger partial charge in [-0.3, -0.25) is 0 Å². The average molecular weight is 335 g/mol. The van der Waals surface area contributed by atoms with Crippen LogP contribution in [-0.2, 0) is 16.0 Å². The monoisotopic (exact) mass is 335 g/mol. The SMILES string of the molecule is CCOC(Cn1c(SC)nnc1C(C)c1ccccc1)OCC. The zero-order valence-electron chi connectivity index (χ0n) is 14.2. The topological polar surface area (TPSA) is 49.2 Å². The second kappa shape index (κ2) is 9.05. The summed E-state index contributed by atoms with van der Waals surface area (Å²) in [6.07, 6.45) is 1.72. The van der Waals surface area contributed by atoms with E-state index in [-0.39, 0.29) is 12.2 Å². The highest BCUT2D eigenvalue weighted by Gasteiger charge is 2.21. The van der Waals surface area contributed by atoms with Crippen LogP contribution in [0.15, 0.2) is 35.5 Å². The lowest BCUT2D eigenvalue weighted by molar-refractivity contribution is -0.144. The predicted molar refractivity (Wildman–Crippen MR) is 92.8 cm³/mol. The van der Waals surface area contributed by atoms with Gasteiger partial charge in [-0.05, 0) is 25.7 Å². The van der Waals surface area contributed by atoms with Gasteiger partial charge in [0.05, 0.1) is 6.54 Å². The van der Waals surface area contributed by atoms with E-state index in [4.69, 9.17) is 9.47 Å². The maximum absolute atomic E-state index is 5.69. The molecule has 2 rings (SSSR count). The van der Waals surface area contributed by atoms with E-state index in [0.717, 1.165) is 11.0 Å². The van der Waals surface area contributed by atoms with Crippen molar-refractivity contribution in [1.82, 2.24) is 14.8 Å². The summed E-state index contributed by atoms with van der Waals surface area (Å²) in [6.45, 7) is 7.92. The van der Waals surface area contributed by atoms with E-state index in [2.05, 4.69) is 33.8 Å². The van der Waals surface area contributed by atoms with Crippen LogP contribution in [-0.4, -0.2) is 40.5 Å². The molecule has 1 aromatic heterocycles. The standard InChI is InChI=1S/C17H25N3O2S/c1-5-21-15(22-6-2)12-20-16(18-19-17(20)23-4)13(3)14-10-8-7-9-11-14/h7-11,13,15H,5-6,12H2,1-4H3. The second-order valence-electron chi connectivity index (χ2n) is 5.13. The Morgan fingerprint density at radius 3 is 2.30 bits per heavy atom. The lowest BCUT2D eigenvalue weighted by Gasteiger charge is -2.21. The second-order valence-corrected chi connectivity index (χ2v) is 5.90. The molecule has 2 aromatic rings. The molecule has 5 nitrogen and oxygen atoms in total. The summed E-state index contributed by atoms with van der Waals surface area (Å²) in [7, 11) is 0. The van der Waals surface area contributed by atoms with Gasteiger partial charge in [-0.2, -0.15) is 0 Å². The van der Waals surface area contributed by atoms with Crippen molar-refractivity contribution in [1.29, 1.82) is 0 Å². The first kappa shape index (κ1) is 18.0. The number of rotatable bonds is 9. The summed E-state index contributed by atoms with van der Waals surface area (Å²) in [6, 6.07) is 10.3. The Kier molecular flexibility index (Phi) is 7.08. The van der Waals surface area contributed by atoms with Crippen molar-refractivity contribution in [3.63, 3.8) is 0 Å². The Bertz CT molecular complexity index is 583. The third-order valence-corrected chi connectivity index (χ3v) is 4.32. The van der Waals surface area contributed by atoms with Crippen molar-refractivity contribution >= 4 is 11.8 Å². The van der Waals surface area contributed by atoms with Crippen molar-refractivity contribution in [2.75, 3.05) is 19.5 Å². The lowest BCUT2D eigenvalue weighted by atomic mass is 10.0. The average Bonchev–Trinajstić information content (AvgIpc) is 2.98. The zero-order valence-corrected chi connectivity index (χ0v) is 15.0. The van der Waals surface area contributed by atoms with Gasteiger partial charge in [0.25, 0.3) is 0 Å². The van der Waals surface area contributed by atoms with Crippen LogP contribution in [0, 0.1) is 0 Å². The fourth-order valence-corrected chi connectivity index (χ4v) is 3.02. The number of hydrogen-bond acceptors (Lipinski definition) is 5. The summed E-state index contributed by atoms with van der Waals surface area (Å²) in [5, 5.41) is 9.62. The normalized spacial score (nSPS) is 12.7. The van der Waals surface area contributed by atoms with Gasteiger partial charge in [-0.1, -0.05) is 49.0 Å². The summed E-state index contributed by atoms with van der Waals surface area (Å²) in [5.41, 5.74) is 1.22.